The Kier molecular flexibility index (Phi) is 5.89. The molecule has 0 spiro atoms. The molecule has 0 N–H and O–H groups in total. The number of carbonyl (C=O) groups is 1. The summed E-state index contributed by atoms with van der Waals surface area (Å²) in [5, 5.41) is 1.39. The van der Waals surface area contributed by atoms with Crippen molar-refractivity contribution in [1.29, 1.82) is 0 Å². The Morgan fingerprint density at radius 1 is 1.71 bits per heavy atom. The number of hydrogen-bond acceptors (Lipinski definition) is 3. The second kappa shape index (κ2) is 6.10. The van der Waals surface area contributed by atoms with Gasteiger partial charge in [-0.2, -0.15) is 0 Å². The molecular weight excluding hydrogens is 378 g/mol. The van der Waals surface area contributed by atoms with Gasteiger partial charge in [-0.1, -0.05) is 11.8 Å². The molecule has 0 bridgehead atoms. The molecule has 1 heterocycles. The van der Waals surface area contributed by atoms with Crippen molar-refractivity contribution < 1.29 is 30.1 Å². The normalized spacial score (nSPS) is 9.07. The SMILES string of the molecule is CON(C)C(=O)c1[c-]cc(Cl)nc1.[Re]. The first kappa shape index (κ1) is 13.5. The summed E-state index contributed by atoms with van der Waals surface area (Å²) in [5.41, 5.74) is 0.314. The minimum atomic E-state index is -0.313. The first-order chi connectivity index (χ1) is 6.15. The van der Waals surface area contributed by atoms with Crippen LogP contribution in [0.4, 0.5) is 0 Å². The van der Waals surface area contributed by atoms with E-state index in [0.717, 1.165) is 5.06 Å². The Morgan fingerprint density at radius 2 is 2.36 bits per heavy atom. The second-order valence-corrected chi connectivity index (χ2v) is 2.66. The van der Waals surface area contributed by atoms with Gasteiger partial charge in [-0.05, 0) is 0 Å². The molecule has 1 aromatic heterocycles. The summed E-state index contributed by atoms with van der Waals surface area (Å²) < 4.78 is 0. The first-order valence-electron chi connectivity index (χ1n) is 3.50. The van der Waals surface area contributed by atoms with Gasteiger partial charge in [0.2, 0.25) is 0 Å². The van der Waals surface area contributed by atoms with Crippen molar-refractivity contribution in [2.45, 2.75) is 0 Å². The van der Waals surface area contributed by atoms with E-state index in [1.54, 1.807) is 0 Å². The van der Waals surface area contributed by atoms with Crippen LogP contribution in [0.2, 0.25) is 5.15 Å². The van der Waals surface area contributed by atoms with Gasteiger partial charge >= 0.3 is 0 Å². The van der Waals surface area contributed by atoms with E-state index >= 15 is 0 Å². The van der Waals surface area contributed by atoms with E-state index in [9.17, 15) is 4.79 Å². The predicted molar refractivity (Wildman–Crippen MR) is 47.2 cm³/mol. The topological polar surface area (TPSA) is 42.4 Å². The third-order valence-electron chi connectivity index (χ3n) is 1.45. The fraction of sp³-hybridized carbons (Fsp3) is 0.250. The van der Waals surface area contributed by atoms with Crippen LogP contribution in [-0.2, 0) is 25.3 Å². The molecule has 77 valence electrons. The van der Waals surface area contributed by atoms with Crippen LogP contribution in [0.1, 0.15) is 10.4 Å². The number of halogens is 1. The third-order valence-corrected chi connectivity index (χ3v) is 1.66. The van der Waals surface area contributed by atoms with E-state index in [-0.39, 0.29) is 26.3 Å². The van der Waals surface area contributed by atoms with Gasteiger partial charge < -0.3 is 9.78 Å². The molecule has 1 radical (unpaired) electrons. The minimum Gasteiger partial charge on any atom is -0.340 e. The third kappa shape index (κ3) is 3.35. The molecule has 0 saturated carbocycles. The molecule has 0 aliphatic carbocycles. The summed E-state index contributed by atoms with van der Waals surface area (Å²) in [4.78, 5) is 19.8. The number of nitrogens with zero attached hydrogens (tertiary/aromatic N) is 2. The number of hydrogen-bond donors (Lipinski definition) is 0. The Bertz CT molecular complexity index is 305. The van der Waals surface area contributed by atoms with Gasteiger partial charge in [0, 0.05) is 32.6 Å². The average molecular weight is 386 g/mol. The molecule has 0 aromatic carbocycles. The van der Waals surface area contributed by atoms with E-state index in [4.69, 9.17) is 16.4 Å². The number of amides is 1. The van der Waals surface area contributed by atoms with Crippen LogP contribution in [0, 0.1) is 6.07 Å². The van der Waals surface area contributed by atoms with Crippen molar-refractivity contribution in [2.75, 3.05) is 14.2 Å². The molecule has 4 nitrogen and oxygen atoms in total. The van der Waals surface area contributed by atoms with Crippen LogP contribution >= 0.6 is 11.6 Å². The summed E-state index contributed by atoms with van der Waals surface area (Å²) in [6, 6.07) is 4.11. The van der Waals surface area contributed by atoms with Gasteiger partial charge in [-0.15, -0.1) is 23.7 Å². The molecule has 14 heavy (non-hydrogen) atoms. The maximum absolute atomic E-state index is 11.4. The molecule has 0 aliphatic heterocycles. The predicted octanol–water partition coefficient (Wildman–Crippen LogP) is 1.17. The standard InChI is InChI=1S/C8H8ClN2O2.Re/c1-11(13-2)8(12)6-3-4-7(9)10-5-6;/h4-5H,1-2H3;/q-1;. The fourth-order valence-electron chi connectivity index (χ4n) is 0.708. The molecule has 6 heteroatoms. The zero-order chi connectivity index (χ0) is 9.84. The van der Waals surface area contributed by atoms with Gasteiger partial charge in [0.15, 0.2) is 5.91 Å². The average Bonchev–Trinajstić information content (AvgIpc) is 2.17. The molecule has 1 aromatic rings. The number of aromatic nitrogens is 1. The zero-order valence-corrected chi connectivity index (χ0v) is 11.1. The van der Waals surface area contributed by atoms with Gasteiger partial charge in [-0.3, -0.25) is 9.90 Å². The van der Waals surface area contributed by atoms with E-state index in [0.29, 0.717) is 10.7 Å². The number of carbonyl (C=O) groups excluding carboxylic acids is 1. The maximum atomic E-state index is 11.4. The van der Waals surface area contributed by atoms with Crippen molar-refractivity contribution in [3.8, 4) is 0 Å². The molecule has 1 amide bonds. The van der Waals surface area contributed by atoms with Crippen LogP contribution in [0.3, 0.4) is 0 Å². The van der Waals surface area contributed by atoms with Crippen molar-refractivity contribution in [3.63, 3.8) is 0 Å². The summed E-state index contributed by atoms with van der Waals surface area (Å²) in [6.45, 7) is 0. The Balaban J connectivity index is 0.00000169. The quantitative estimate of drug-likeness (QED) is 0.436. The van der Waals surface area contributed by atoms with Gasteiger partial charge in [0.25, 0.3) is 0 Å². The minimum absolute atomic E-state index is 0. The van der Waals surface area contributed by atoms with Crippen molar-refractivity contribution in [1.82, 2.24) is 10.0 Å². The summed E-state index contributed by atoms with van der Waals surface area (Å²) in [7, 11) is 2.91. The van der Waals surface area contributed by atoms with E-state index in [1.807, 2.05) is 0 Å². The van der Waals surface area contributed by atoms with E-state index in [2.05, 4.69) is 11.1 Å². The van der Waals surface area contributed by atoms with Crippen LogP contribution in [0.5, 0.6) is 0 Å². The van der Waals surface area contributed by atoms with Gasteiger partial charge in [-0.25, -0.2) is 0 Å². The summed E-state index contributed by atoms with van der Waals surface area (Å²) >= 11 is 5.53. The van der Waals surface area contributed by atoms with Crippen LogP contribution in [0.25, 0.3) is 0 Å². The Hall–Kier alpha value is -0.468. The van der Waals surface area contributed by atoms with Crippen molar-refractivity contribution >= 4 is 17.5 Å². The summed E-state index contributed by atoms with van der Waals surface area (Å²) in [6.07, 6.45) is 1.35. The van der Waals surface area contributed by atoms with E-state index < -0.39 is 0 Å². The van der Waals surface area contributed by atoms with Gasteiger partial charge in [0.05, 0.1) is 7.11 Å². The van der Waals surface area contributed by atoms with E-state index in [1.165, 1.54) is 26.4 Å². The van der Waals surface area contributed by atoms with Crippen LogP contribution < -0.4 is 0 Å². The first-order valence-corrected chi connectivity index (χ1v) is 3.88. The Morgan fingerprint density at radius 3 is 2.79 bits per heavy atom. The fourth-order valence-corrected chi connectivity index (χ4v) is 0.811. The number of hydroxylamine groups is 2. The van der Waals surface area contributed by atoms with Crippen molar-refractivity contribution in [2.24, 2.45) is 0 Å². The smallest absolute Gasteiger partial charge is 0.192 e. The monoisotopic (exact) mass is 386 g/mol. The second-order valence-electron chi connectivity index (χ2n) is 2.27. The Labute approximate surface area is 101 Å². The van der Waals surface area contributed by atoms with Crippen LogP contribution in [0.15, 0.2) is 12.3 Å². The number of pyridine rings is 1. The molecular formula is C8H8ClN2O2Re-. The molecule has 0 aliphatic rings. The molecule has 1 rings (SSSR count). The van der Waals surface area contributed by atoms with Crippen molar-refractivity contribution in [3.05, 3.63) is 29.0 Å². The van der Waals surface area contributed by atoms with Crippen LogP contribution in [-0.4, -0.2) is 30.1 Å². The van der Waals surface area contributed by atoms with Gasteiger partial charge in [0.1, 0.15) is 0 Å². The molecule has 0 fully saturated rings. The largest absolute Gasteiger partial charge is 0.340 e. The molecule has 0 atom stereocenters. The summed E-state index contributed by atoms with van der Waals surface area (Å²) in [5.74, 6) is -0.313. The maximum Gasteiger partial charge on any atom is 0.192 e. The molecule has 0 unspecified atom stereocenters. The number of rotatable bonds is 2. The zero-order valence-electron chi connectivity index (χ0n) is 7.62. The molecule has 0 saturated heterocycles.